The minimum atomic E-state index is 1.06. The monoisotopic (exact) mass is 395 g/mol. The number of rotatable bonds is 6. The van der Waals surface area contributed by atoms with Crippen molar-refractivity contribution in [1.29, 1.82) is 0 Å². The first-order chi connectivity index (χ1) is 14.7. The van der Waals surface area contributed by atoms with Crippen LogP contribution in [0.15, 0.2) is 42.5 Å². The van der Waals surface area contributed by atoms with Crippen molar-refractivity contribution in [3.8, 4) is 22.3 Å². The summed E-state index contributed by atoms with van der Waals surface area (Å²) in [6.45, 7) is 12.5. The van der Waals surface area contributed by atoms with E-state index in [2.05, 4.69) is 75.1 Å². The summed E-state index contributed by atoms with van der Waals surface area (Å²) in [6.07, 6.45) is 4.47. The predicted octanol–water partition coefficient (Wildman–Crippen LogP) is 6.80. The molecule has 0 saturated carbocycles. The Morgan fingerprint density at radius 1 is 0.667 bits per heavy atom. The summed E-state index contributed by atoms with van der Waals surface area (Å²) >= 11 is 0. The predicted molar refractivity (Wildman–Crippen MR) is 128 cm³/mol. The molecule has 0 atom stereocenters. The zero-order chi connectivity index (χ0) is 20.8. The van der Waals surface area contributed by atoms with Gasteiger partial charge < -0.3 is 0 Å². The lowest BCUT2D eigenvalue weighted by Gasteiger charge is -2.20. The first kappa shape index (κ1) is 19.6. The summed E-state index contributed by atoms with van der Waals surface area (Å²) in [5.74, 6) is 0. The second kappa shape index (κ2) is 7.71. The van der Waals surface area contributed by atoms with Crippen molar-refractivity contribution in [1.82, 2.24) is 4.90 Å². The second-order valence-electron chi connectivity index (χ2n) is 8.79. The third-order valence-corrected chi connectivity index (χ3v) is 7.49. The van der Waals surface area contributed by atoms with Crippen molar-refractivity contribution in [2.75, 3.05) is 13.1 Å². The lowest BCUT2D eigenvalue weighted by Crippen LogP contribution is -2.22. The minimum Gasteiger partial charge on any atom is -0.300 e. The van der Waals surface area contributed by atoms with Crippen LogP contribution in [0.25, 0.3) is 22.3 Å². The van der Waals surface area contributed by atoms with Gasteiger partial charge in [0.15, 0.2) is 0 Å². The van der Waals surface area contributed by atoms with E-state index in [0.717, 1.165) is 45.3 Å². The van der Waals surface area contributed by atoms with Crippen LogP contribution in [0.3, 0.4) is 0 Å². The molecule has 0 amide bonds. The Hall–Kier alpha value is -2.38. The van der Waals surface area contributed by atoms with Crippen LogP contribution in [0.2, 0.25) is 0 Å². The Balaban J connectivity index is 1.77. The van der Waals surface area contributed by atoms with Crippen molar-refractivity contribution >= 4 is 0 Å². The number of fused-ring (bicyclic) bond motifs is 7. The summed E-state index contributed by atoms with van der Waals surface area (Å²) in [4.78, 5) is 2.54. The van der Waals surface area contributed by atoms with Crippen molar-refractivity contribution in [2.24, 2.45) is 0 Å². The molecular formula is C29H33N. The topological polar surface area (TPSA) is 3.24 Å². The highest BCUT2D eigenvalue weighted by molar-refractivity contribution is 5.97. The minimum absolute atomic E-state index is 1.06. The zero-order valence-corrected chi connectivity index (χ0v) is 18.9. The molecule has 0 aromatic heterocycles. The molecular weight excluding hydrogens is 362 g/mol. The van der Waals surface area contributed by atoms with Crippen molar-refractivity contribution in [3.05, 3.63) is 81.4 Å². The van der Waals surface area contributed by atoms with Crippen LogP contribution in [-0.2, 0) is 32.2 Å². The second-order valence-corrected chi connectivity index (χ2v) is 8.79. The number of benzene rings is 3. The molecule has 0 heterocycles. The van der Waals surface area contributed by atoms with Crippen LogP contribution < -0.4 is 0 Å². The molecule has 0 saturated heterocycles. The molecule has 30 heavy (non-hydrogen) atoms. The van der Waals surface area contributed by atoms with E-state index in [1.54, 1.807) is 38.9 Å². The third-order valence-electron chi connectivity index (χ3n) is 7.49. The van der Waals surface area contributed by atoms with Crippen LogP contribution in [0.5, 0.6) is 0 Å². The van der Waals surface area contributed by atoms with Crippen LogP contribution in [0, 0.1) is 0 Å². The van der Waals surface area contributed by atoms with E-state index in [0.29, 0.717) is 0 Å². The molecule has 0 bridgehead atoms. The van der Waals surface area contributed by atoms with E-state index >= 15 is 0 Å². The van der Waals surface area contributed by atoms with Crippen LogP contribution in [0.4, 0.5) is 0 Å². The fourth-order valence-corrected chi connectivity index (χ4v) is 6.01. The average Bonchev–Trinajstić information content (AvgIpc) is 3.35. The molecule has 0 fully saturated rings. The summed E-state index contributed by atoms with van der Waals surface area (Å²) in [7, 11) is 0. The quantitative estimate of drug-likeness (QED) is 0.306. The largest absolute Gasteiger partial charge is 0.300 e. The van der Waals surface area contributed by atoms with E-state index in [4.69, 9.17) is 0 Å². The summed E-state index contributed by atoms with van der Waals surface area (Å²) in [5.41, 5.74) is 17.2. The van der Waals surface area contributed by atoms with Gasteiger partial charge >= 0.3 is 0 Å². The number of hydrogen-bond donors (Lipinski definition) is 0. The van der Waals surface area contributed by atoms with Gasteiger partial charge in [-0.05, 0) is 100.0 Å². The summed E-state index contributed by atoms with van der Waals surface area (Å²) in [6, 6.07) is 16.1. The molecule has 0 spiro atoms. The first-order valence-electron chi connectivity index (χ1n) is 11.8. The summed E-state index contributed by atoms with van der Waals surface area (Å²) < 4.78 is 0. The van der Waals surface area contributed by atoms with Gasteiger partial charge in [0.2, 0.25) is 0 Å². The van der Waals surface area contributed by atoms with Crippen molar-refractivity contribution in [2.45, 2.75) is 59.9 Å². The highest BCUT2D eigenvalue weighted by Crippen LogP contribution is 2.52. The molecule has 2 aliphatic carbocycles. The van der Waals surface area contributed by atoms with Gasteiger partial charge in [0.25, 0.3) is 0 Å². The molecule has 3 aromatic carbocycles. The van der Waals surface area contributed by atoms with E-state index in [-0.39, 0.29) is 0 Å². The Labute approximate surface area is 181 Å². The Kier molecular flexibility index (Phi) is 5.03. The number of hydrogen-bond acceptors (Lipinski definition) is 1. The number of nitrogens with zero attached hydrogens (tertiary/aromatic N) is 1. The van der Waals surface area contributed by atoms with Gasteiger partial charge in [-0.2, -0.15) is 0 Å². The Morgan fingerprint density at radius 3 is 2.00 bits per heavy atom. The van der Waals surface area contributed by atoms with Gasteiger partial charge in [0.1, 0.15) is 0 Å². The lowest BCUT2D eigenvalue weighted by atomic mass is 9.84. The molecule has 0 radical (unpaired) electrons. The lowest BCUT2D eigenvalue weighted by molar-refractivity contribution is 0.295. The van der Waals surface area contributed by atoms with Gasteiger partial charge in [-0.15, -0.1) is 0 Å². The third kappa shape index (κ3) is 2.79. The van der Waals surface area contributed by atoms with Crippen LogP contribution in [0.1, 0.15) is 66.6 Å². The molecule has 2 aliphatic rings. The highest BCUT2D eigenvalue weighted by Gasteiger charge is 2.33. The fourth-order valence-electron chi connectivity index (χ4n) is 6.01. The van der Waals surface area contributed by atoms with E-state index in [1.165, 1.54) is 22.3 Å². The fraction of sp³-hybridized carbons (Fsp3) is 0.379. The first-order valence-corrected chi connectivity index (χ1v) is 11.8. The van der Waals surface area contributed by atoms with Crippen molar-refractivity contribution in [3.63, 3.8) is 0 Å². The maximum atomic E-state index is 2.54. The molecule has 0 aliphatic heterocycles. The molecule has 3 aromatic rings. The van der Waals surface area contributed by atoms with Gasteiger partial charge in [-0.25, -0.2) is 0 Å². The molecule has 0 unspecified atom stereocenters. The Bertz CT molecular complexity index is 1120. The van der Waals surface area contributed by atoms with Gasteiger partial charge in [-0.3, -0.25) is 4.90 Å². The zero-order valence-electron chi connectivity index (χ0n) is 18.9. The Morgan fingerprint density at radius 2 is 1.30 bits per heavy atom. The van der Waals surface area contributed by atoms with E-state index in [9.17, 15) is 0 Å². The maximum absolute atomic E-state index is 2.54. The van der Waals surface area contributed by atoms with Crippen LogP contribution in [-0.4, -0.2) is 18.0 Å². The maximum Gasteiger partial charge on any atom is 0.0236 e. The molecule has 1 heteroatoms. The molecule has 0 N–H and O–H groups in total. The van der Waals surface area contributed by atoms with Gasteiger partial charge in [0.05, 0.1) is 0 Å². The molecule has 5 rings (SSSR count). The average molecular weight is 396 g/mol. The summed E-state index contributed by atoms with van der Waals surface area (Å²) in [5, 5.41) is 0. The standard InChI is InChI=1S/C29H33N/c1-5-21-22(6-2)27-17-25-20(18-30(7-3)8-4)13-11-15-24(25)29(27)28-23-14-10-9-12-19(23)16-26(21)28/h9-15H,5-8,16-18H2,1-4H3. The van der Waals surface area contributed by atoms with Crippen LogP contribution >= 0.6 is 0 Å². The van der Waals surface area contributed by atoms with Crippen molar-refractivity contribution < 1.29 is 0 Å². The van der Waals surface area contributed by atoms with E-state index in [1.807, 2.05) is 0 Å². The molecule has 154 valence electrons. The van der Waals surface area contributed by atoms with Gasteiger partial charge in [0, 0.05) is 6.54 Å². The van der Waals surface area contributed by atoms with E-state index < -0.39 is 0 Å². The molecule has 1 nitrogen and oxygen atoms in total. The van der Waals surface area contributed by atoms with Gasteiger partial charge in [-0.1, -0.05) is 70.2 Å². The smallest absolute Gasteiger partial charge is 0.0236 e. The highest BCUT2D eigenvalue weighted by atomic mass is 15.1. The normalized spacial score (nSPS) is 13.4. The SMILES string of the molecule is CCc1c(CC)c2c(c3c1Cc1ccccc1-3)-c1cccc(CN(CC)CC)c1C2.